The first kappa shape index (κ1) is 19.7. The number of guanidine groups is 1. The highest BCUT2D eigenvalue weighted by molar-refractivity contribution is 5.83. The Morgan fingerprint density at radius 1 is 1.12 bits per heavy atom. The van der Waals surface area contributed by atoms with Crippen LogP contribution in [0.15, 0.2) is 41.5 Å². The molecule has 140 valence electrons. The molecular weight excluding hydrogens is 326 g/mol. The maximum absolute atomic E-state index is 12.1. The Balaban J connectivity index is 1.99. The van der Waals surface area contributed by atoms with E-state index in [1.165, 1.54) is 0 Å². The van der Waals surface area contributed by atoms with Gasteiger partial charge in [-0.05, 0) is 32.4 Å². The number of aromatic nitrogens is 1. The summed E-state index contributed by atoms with van der Waals surface area (Å²) in [5.74, 6) is 0.879. The van der Waals surface area contributed by atoms with E-state index >= 15 is 0 Å². The molecule has 0 fully saturated rings. The van der Waals surface area contributed by atoms with Gasteiger partial charge in [0.25, 0.3) is 0 Å². The van der Waals surface area contributed by atoms with Gasteiger partial charge in [-0.15, -0.1) is 0 Å². The van der Waals surface area contributed by atoms with Crippen LogP contribution in [0.3, 0.4) is 0 Å². The monoisotopic (exact) mass is 355 g/mol. The van der Waals surface area contributed by atoms with Crippen molar-refractivity contribution >= 4 is 22.8 Å². The number of aliphatic imine (C=N–C) groups is 1. The van der Waals surface area contributed by atoms with E-state index in [-0.39, 0.29) is 5.91 Å². The van der Waals surface area contributed by atoms with Crippen molar-refractivity contribution in [3.8, 4) is 0 Å². The fraction of sp³-hybridized carbons (Fsp3) is 0.450. The van der Waals surface area contributed by atoms with Crippen molar-refractivity contribution in [3.63, 3.8) is 0 Å². The largest absolute Gasteiger partial charge is 0.357 e. The molecule has 6 nitrogen and oxygen atoms in total. The van der Waals surface area contributed by atoms with E-state index < -0.39 is 0 Å². The quantitative estimate of drug-likeness (QED) is 0.564. The number of hydrogen-bond donors (Lipinski definition) is 2. The van der Waals surface area contributed by atoms with Crippen LogP contribution in [0, 0.1) is 0 Å². The lowest BCUT2D eigenvalue weighted by Crippen LogP contribution is -2.40. The van der Waals surface area contributed by atoms with Crippen LogP contribution < -0.4 is 10.6 Å². The van der Waals surface area contributed by atoms with Crippen molar-refractivity contribution in [1.29, 1.82) is 0 Å². The van der Waals surface area contributed by atoms with Crippen molar-refractivity contribution < 1.29 is 4.79 Å². The van der Waals surface area contributed by atoms with E-state index in [4.69, 9.17) is 0 Å². The fourth-order valence-electron chi connectivity index (χ4n) is 2.82. The molecule has 0 aliphatic carbocycles. The molecule has 6 heteroatoms. The molecule has 0 saturated heterocycles. The van der Waals surface area contributed by atoms with Crippen molar-refractivity contribution in [2.45, 2.75) is 33.7 Å². The van der Waals surface area contributed by atoms with E-state index in [1.807, 2.05) is 43.9 Å². The second-order valence-electron chi connectivity index (χ2n) is 5.93. The average molecular weight is 355 g/mol. The van der Waals surface area contributed by atoms with E-state index in [9.17, 15) is 4.79 Å². The van der Waals surface area contributed by atoms with Gasteiger partial charge in [-0.2, -0.15) is 0 Å². The minimum absolute atomic E-state index is 0.164. The first-order valence-corrected chi connectivity index (χ1v) is 9.32. The van der Waals surface area contributed by atoms with Gasteiger partial charge in [0.05, 0.1) is 12.1 Å². The van der Waals surface area contributed by atoms with Crippen molar-refractivity contribution in [3.05, 3.63) is 42.1 Å². The van der Waals surface area contributed by atoms with Gasteiger partial charge in [-0.25, -0.2) is 4.99 Å². The Labute approximate surface area is 155 Å². The molecule has 0 aliphatic heterocycles. The predicted molar refractivity (Wildman–Crippen MR) is 107 cm³/mol. The molecule has 2 N–H and O–H groups in total. The van der Waals surface area contributed by atoms with Gasteiger partial charge in [0.15, 0.2) is 5.96 Å². The summed E-state index contributed by atoms with van der Waals surface area (Å²) in [5, 5.41) is 7.58. The highest BCUT2D eigenvalue weighted by Gasteiger charge is 2.09. The molecule has 0 saturated carbocycles. The van der Waals surface area contributed by atoms with Gasteiger partial charge >= 0.3 is 0 Å². The average Bonchev–Trinajstić information content (AvgIpc) is 2.67. The Morgan fingerprint density at radius 3 is 2.62 bits per heavy atom. The summed E-state index contributed by atoms with van der Waals surface area (Å²) >= 11 is 0. The number of para-hydroxylation sites is 1. The number of rotatable bonds is 8. The molecule has 0 unspecified atom stereocenters. The Hall–Kier alpha value is -2.63. The van der Waals surface area contributed by atoms with Crippen molar-refractivity contribution in [2.75, 3.05) is 26.2 Å². The van der Waals surface area contributed by atoms with Crippen LogP contribution in [-0.2, 0) is 11.3 Å². The Morgan fingerprint density at radius 2 is 1.88 bits per heavy atom. The molecule has 0 atom stereocenters. The maximum atomic E-state index is 12.1. The number of nitrogens with one attached hydrogen (secondary N) is 2. The highest BCUT2D eigenvalue weighted by atomic mass is 16.2. The van der Waals surface area contributed by atoms with Crippen LogP contribution in [0.2, 0.25) is 0 Å². The van der Waals surface area contributed by atoms with Crippen molar-refractivity contribution in [1.82, 2.24) is 20.5 Å². The third kappa shape index (κ3) is 5.44. The SMILES string of the molecule is CCNC(=NCc1cccc2cccnc12)NCCC(=O)N(CC)CC. The Kier molecular flexibility index (Phi) is 7.86. The summed E-state index contributed by atoms with van der Waals surface area (Å²) in [6.07, 6.45) is 2.26. The molecule has 26 heavy (non-hydrogen) atoms. The van der Waals surface area contributed by atoms with Crippen LogP contribution in [0.4, 0.5) is 0 Å². The van der Waals surface area contributed by atoms with Gasteiger partial charge in [0, 0.05) is 44.2 Å². The zero-order valence-electron chi connectivity index (χ0n) is 16.0. The molecule has 2 rings (SSSR count). The van der Waals surface area contributed by atoms with Gasteiger partial charge in [0.1, 0.15) is 0 Å². The number of hydrogen-bond acceptors (Lipinski definition) is 3. The number of carbonyl (C=O) groups excluding carboxylic acids is 1. The Bertz CT molecular complexity index is 735. The zero-order chi connectivity index (χ0) is 18.8. The second kappa shape index (κ2) is 10.4. The lowest BCUT2D eigenvalue weighted by atomic mass is 10.1. The number of fused-ring (bicyclic) bond motifs is 1. The van der Waals surface area contributed by atoms with Gasteiger partial charge < -0.3 is 15.5 Å². The van der Waals surface area contributed by atoms with Crippen LogP contribution in [0.25, 0.3) is 10.9 Å². The summed E-state index contributed by atoms with van der Waals surface area (Å²) in [4.78, 5) is 23.0. The van der Waals surface area contributed by atoms with Gasteiger partial charge in [-0.1, -0.05) is 24.3 Å². The lowest BCUT2D eigenvalue weighted by Gasteiger charge is -2.19. The lowest BCUT2D eigenvalue weighted by molar-refractivity contribution is -0.130. The zero-order valence-corrected chi connectivity index (χ0v) is 16.0. The predicted octanol–water partition coefficient (Wildman–Crippen LogP) is 2.55. The first-order valence-electron chi connectivity index (χ1n) is 9.32. The molecule has 0 aliphatic rings. The molecule has 0 spiro atoms. The smallest absolute Gasteiger partial charge is 0.224 e. The summed E-state index contributed by atoms with van der Waals surface area (Å²) in [6.45, 7) is 9.39. The molecule has 1 heterocycles. The van der Waals surface area contributed by atoms with Crippen molar-refractivity contribution in [2.24, 2.45) is 4.99 Å². The van der Waals surface area contributed by atoms with Gasteiger partial charge in [-0.3, -0.25) is 9.78 Å². The normalized spacial score (nSPS) is 11.4. The molecule has 1 aromatic heterocycles. The number of carbonyl (C=O) groups is 1. The molecule has 2 aromatic rings. The molecule has 0 radical (unpaired) electrons. The summed E-state index contributed by atoms with van der Waals surface area (Å²) in [5.41, 5.74) is 2.06. The highest BCUT2D eigenvalue weighted by Crippen LogP contribution is 2.16. The van der Waals surface area contributed by atoms with E-state index in [1.54, 1.807) is 6.20 Å². The third-order valence-corrected chi connectivity index (χ3v) is 4.22. The topological polar surface area (TPSA) is 69.6 Å². The van der Waals surface area contributed by atoms with Gasteiger partial charge in [0.2, 0.25) is 5.91 Å². The number of benzene rings is 1. The van der Waals surface area contributed by atoms with Crippen LogP contribution >= 0.6 is 0 Å². The number of nitrogens with zero attached hydrogens (tertiary/aromatic N) is 3. The summed E-state index contributed by atoms with van der Waals surface area (Å²) in [6, 6.07) is 10.1. The number of pyridine rings is 1. The minimum atomic E-state index is 0.164. The summed E-state index contributed by atoms with van der Waals surface area (Å²) in [7, 11) is 0. The minimum Gasteiger partial charge on any atom is -0.357 e. The summed E-state index contributed by atoms with van der Waals surface area (Å²) < 4.78 is 0. The van der Waals surface area contributed by atoms with Crippen LogP contribution in [0.5, 0.6) is 0 Å². The maximum Gasteiger partial charge on any atom is 0.224 e. The first-order chi connectivity index (χ1) is 12.7. The molecule has 0 bridgehead atoms. The van der Waals surface area contributed by atoms with E-state index in [2.05, 4.69) is 32.7 Å². The van der Waals surface area contributed by atoms with Crippen LogP contribution in [0.1, 0.15) is 32.8 Å². The van der Waals surface area contributed by atoms with E-state index in [0.717, 1.165) is 36.1 Å². The standard InChI is InChI=1S/C20H29N5O/c1-4-21-20(23-14-12-18(26)25(5-2)6-3)24-15-17-10-7-9-16-11-8-13-22-19(16)17/h7-11,13H,4-6,12,14-15H2,1-3H3,(H2,21,23,24). The van der Waals surface area contributed by atoms with E-state index in [0.29, 0.717) is 25.5 Å². The number of amides is 1. The molecule has 1 amide bonds. The third-order valence-electron chi connectivity index (χ3n) is 4.22. The fourth-order valence-corrected chi connectivity index (χ4v) is 2.82. The molecular formula is C20H29N5O. The van der Waals surface area contributed by atoms with Crippen LogP contribution in [-0.4, -0.2) is 47.9 Å². The second-order valence-corrected chi connectivity index (χ2v) is 5.93. The molecule has 1 aromatic carbocycles.